The van der Waals surface area contributed by atoms with Crippen LogP contribution in [-0.4, -0.2) is 28.6 Å². The first-order valence-electron chi connectivity index (χ1n) is 10.2. The van der Waals surface area contributed by atoms with Crippen molar-refractivity contribution in [2.24, 2.45) is 0 Å². The molecule has 3 amide bonds. The number of nitrogens with zero attached hydrogens (tertiary/aromatic N) is 1. The van der Waals surface area contributed by atoms with Gasteiger partial charge in [-0.25, -0.2) is 4.39 Å². The van der Waals surface area contributed by atoms with Gasteiger partial charge in [-0.15, -0.1) is 0 Å². The van der Waals surface area contributed by atoms with Gasteiger partial charge in [0.2, 0.25) is 0 Å². The predicted molar refractivity (Wildman–Crippen MR) is 130 cm³/mol. The summed E-state index contributed by atoms with van der Waals surface area (Å²) in [6.45, 7) is -0.232. The lowest BCUT2D eigenvalue weighted by atomic mass is 10.1. The molecule has 0 bridgehead atoms. The molecule has 4 rings (SSSR count). The van der Waals surface area contributed by atoms with Crippen molar-refractivity contribution in [2.45, 2.75) is 6.54 Å². The number of amides is 3. The van der Waals surface area contributed by atoms with Crippen molar-refractivity contribution in [2.75, 3.05) is 11.9 Å². The van der Waals surface area contributed by atoms with Crippen LogP contribution >= 0.6 is 23.4 Å². The van der Waals surface area contributed by atoms with Gasteiger partial charge >= 0.3 is 0 Å². The SMILES string of the molecule is O=C(COc1ccc(Cl)cc1/C=C1\SC(=O)N(Cc2ccc(F)cc2)C1=O)Nc1ccccc1. The Morgan fingerprint density at radius 1 is 1.06 bits per heavy atom. The van der Waals surface area contributed by atoms with Crippen LogP contribution in [0.4, 0.5) is 14.9 Å². The van der Waals surface area contributed by atoms with Gasteiger partial charge in [-0.2, -0.15) is 0 Å². The molecule has 0 aromatic heterocycles. The summed E-state index contributed by atoms with van der Waals surface area (Å²) in [6, 6.07) is 19.3. The highest BCUT2D eigenvalue weighted by atomic mass is 35.5. The summed E-state index contributed by atoms with van der Waals surface area (Å²) in [5, 5.41) is 2.69. The van der Waals surface area contributed by atoms with Crippen LogP contribution in [0.1, 0.15) is 11.1 Å². The minimum absolute atomic E-state index is 0.0286. The van der Waals surface area contributed by atoms with E-state index in [0.717, 1.165) is 16.7 Å². The maximum absolute atomic E-state index is 13.1. The second kappa shape index (κ2) is 10.5. The number of nitrogens with one attached hydrogen (secondary N) is 1. The minimum Gasteiger partial charge on any atom is -0.483 e. The number of carbonyl (C=O) groups is 3. The Hall–Kier alpha value is -3.62. The van der Waals surface area contributed by atoms with E-state index < -0.39 is 17.0 Å². The Balaban J connectivity index is 1.48. The zero-order chi connectivity index (χ0) is 24.1. The number of hydrogen-bond donors (Lipinski definition) is 1. The molecule has 1 fully saturated rings. The number of anilines is 1. The molecule has 34 heavy (non-hydrogen) atoms. The van der Waals surface area contributed by atoms with Crippen molar-refractivity contribution >= 4 is 52.2 Å². The standard InChI is InChI=1S/C25H18ClFN2O4S/c26-18-8-11-21(33-15-23(30)28-20-4-2-1-3-5-20)17(12-18)13-22-24(31)29(25(32)34-22)14-16-6-9-19(27)10-7-16/h1-13H,14-15H2,(H,28,30)/b22-13-. The molecule has 0 spiro atoms. The fraction of sp³-hybridized carbons (Fsp3) is 0.0800. The molecule has 0 atom stereocenters. The lowest BCUT2D eigenvalue weighted by Gasteiger charge is -2.12. The first-order valence-corrected chi connectivity index (χ1v) is 11.4. The van der Waals surface area contributed by atoms with E-state index in [9.17, 15) is 18.8 Å². The molecular weight excluding hydrogens is 479 g/mol. The average Bonchev–Trinajstić information content (AvgIpc) is 3.08. The van der Waals surface area contributed by atoms with Crippen molar-refractivity contribution < 1.29 is 23.5 Å². The van der Waals surface area contributed by atoms with Crippen LogP contribution in [0, 0.1) is 5.82 Å². The molecule has 9 heteroatoms. The summed E-state index contributed by atoms with van der Waals surface area (Å²) < 4.78 is 18.8. The fourth-order valence-electron chi connectivity index (χ4n) is 3.18. The highest BCUT2D eigenvalue weighted by Gasteiger charge is 2.35. The summed E-state index contributed by atoms with van der Waals surface area (Å²) >= 11 is 6.91. The molecule has 3 aromatic carbocycles. The quantitative estimate of drug-likeness (QED) is 0.422. The number of carbonyl (C=O) groups excluding carboxylic acids is 3. The molecule has 1 N–H and O–H groups in total. The summed E-state index contributed by atoms with van der Waals surface area (Å²) in [7, 11) is 0. The van der Waals surface area contributed by atoms with Gasteiger partial charge in [-0.05, 0) is 65.9 Å². The Bertz CT molecular complexity index is 1270. The number of ether oxygens (including phenoxy) is 1. The van der Waals surface area contributed by atoms with Gasteiger partial charge in [0.15, 0.2) is 6.61 Å². The third-order valence-electron chi connectivity index (χ3n) is 4.80. The third-order valence-corrected chi connectivity index (χ3v) is 5.94. The van der Waals surface area contributed by atoms with Crippen LogP contribution in [-0.2, 0) is 16.1 Å². The molecule has 0 saturated carbocycles. The highest BCUT2D eigenvalue weighted by molar-refractivity contribution is 8.18. The van der Waals surface area contributed by atoms with Crippen molar-refractivity contribution in [3.63, 3.8) is 0 Å². The van der Waals surface area contributed by atoms with Gasteiger partial charge in [0, 0.05) is 16.3 Å². The maximum Gasteiger partial charge on any atom is 0.293 e. The van der Waals surface area contributed by atoms with Crippen LogP contribution < -0.4 is 10.1 Å². The van der Waals surface area contributed by atoms with Gasteiger partial charge < -0.3 is 10.1 Å². The summed E-state index contributed by atoms with van der Waals surface area (Å²) in [5.41, 5.74) is 1.72. The third kappa shape index (κ3) is 5.84. The molecule has 1 aliphatic heterocycles. The largest absolute Gasteiger partial charge is 0.483 e. The summed E-state index contributed by atoms with van der Waals surface area (Å²) in [6.07, 6.45) is 1.51. The monoisotopic (exact) mass is 496 g/mol. The fourth-order valence-corrected chi connectivity index (χ4v) is 4.19. The van der Waals surface area contributed by atoms with Crippen LogP contribution in [0.3, 0.4) is 0 Å². The van der Waals surface area contributed by atoms with Crippen molar-refractivity contribution in [3.05, 3.63) is 99.7 Å². The van der Waals surface area contributed by atoms with E-state index in [2.05, 4.69) is 5.32 Å². The Morgan fingerprint density at radius 2 is 1.79 bits per heavy atom. The zero-order valence-corrected chi connectivity index (χ0v) is 19.2. The first kappa shape index (κ1) is 23.5. The van der Waals surface area contributed by atoms with Crippen molar-refractivity contribution in [1.82, 2.24) is 4.90 Å². The number of rotatable bonds is 7. The maximum atomic E-state index is 13.1. The first-order chi connectivity index (χ1) is 16.4. The normalized spacial score (nSPS) is 14.5. The average molecular weight is 497 g/mol. The summed E-state index contributed by atoms with van der Waals surface area (Å²) in [5.74, 6) is -0.902. The number of para-hydroxylation sites is 1. The zero-order valence-electron chi connectivity index (χ0n) is 17.7. The Morgan fingerprint density at radius 3 is 2.53 bits per heavy atom. The minimum atomic E-state index is -0.480. The van der Waals surface area contributed by atoms with Gasteiger partial charge in [0.05, 0.1) is 11.4 Å². The topological polar surface area (TPSA) is 75.7 Å². The molecule has 6 nitrogen and oxygen atoms in total. The second-order valence-electron chi connectivity index (χ2n) is 7.28. The molecule has 1 saturated heterocycles. The smallest absolute Gasteiger partial charge is 0.293 e. The van der Waals surface area contributed by atoms with E-state index in [1.54, 1.807) is 42.5 Å². The van der Waals surface area contributed by atoms with Crippen LogP contribution in [0.15, 0.2) is 77.7 Å². The molecule has 0 radical (unpaired) electrons. The van der Waals surface area contributed by atoms with Gasteiger partial charge in [-0.3, -0.25) is 19.3 Å². The highest BCUT2D eigenvalue weighted by Crippen LogP contribution is 2.35. The number of imide groups is 1. The van der Waals surface area contributed by atoms with Crippen molar-refractivity contribution in [1.29, 1.82) is 0 Å². The second-order valence-corrected chi connectivity index (χ2v) is 8.71. The molecule has 0 aliphatic carbocycles. The number of halogens is 2. The molecular formula is C25H18ClFN2O4S. The van der Waals surface area contributed by atoms with E-state index in [0.29, 0.717) is 27.6 Å². The molecule has 1 heterocycles. The number of thioether (sulfide) groups is 1. The number of benzene rings is 3. The Kier molecular flexibility index (Phi) is 7.30. The van der Waals surface area contributed by atoms with Crippen molar-refractivity contribution in [3.8, 4) is 5.75 Å². The van der Waals surface area contributed by atoms with Gasteiger partial charge in [-0.1, -0.05) is 41.9 Å². The van der Waals surface area contributed by atoms with E-state index in [1.165, 1.54) is 30.3 Å². The molecule has 1 aliphatic rings. The predicted octanol–water partition coefficient (Wildman–Crippen LogP) is 5.73. The lowest BCUT2D eigenvalue weighted by molar-refractivity contribution is -0.123. The van der Waals surface area contributed by atoms with Gasteiger partial charge in [0.1, 0.15) is 11.6 Å². The number of hydrogen-bond acceptors (Lipinski definition) is 5. The lowest BCUT2D eigenvalue weighted by Crippen LogP contribution is -2.27. The van der Waals surface area contributed by atoms with Gasteiger partial charge in [0.25, 0.3) is 17.1 Å². The van der Waals surface area contributed by atoms with Crippen LogP contribution in [0.5, 0.6) is 5.75 Å². The molecule has 3 aromatic rings. The van der Waals surface area contributed by atoms with Crippen LogP contribution in [0.2, 0.25) is 5.02 Å². The van der Waals surface area contributed by atoms with E-state index >= 15 is 0 Å². The van der Waals surface area contributed by atoms with Crippen LogP contribution in [0.25, 0.3) is 6.08 Å². The molecule has 172 valence electrons. The van der Waals surface area contributed by atoms with E-state index in [-0.39, 0.29) is 24.0 Å². The van der Waals surface area contributed by atoms with E-state index in [1.807, 2.05) is 6.07 Å². The molecule has 0 unspecified atom stereocenters. The summed E-state index contributed by atoms with van der Waals surface area (Å²) in [4.78, 5) is 38.8. The Labute approximate surface area is 204 Å². The van der Waals surface area contributed by atoms with E-state index in [4.69, 9.17) is 16.3 Å².